The van der Waals surface area contributed by atoms with Crippen molar-refractivity contribution in [3.63, 3.8) is 0 Å². The number of fused-ring (bicyclic) bond motifs is 1. The number of aromatic carboxylic acids is 1. The Morgan fingerprint density at radius 2 is 2.19 bits per heavy atom. The molecule has 0 saturated heterocycles. The monoisotopic (exact) mass is 241 g/mol. The van der Waals surface area contributed by atoms with E-state index in [0.29, 0.717) is 17.0 Å². The maximum atomic E-state index is 11.1. The number of anilines is 1. The van der Waals surface area contributed by atoms with E-state index >= 15 is 0 Å². The van der Waals surface area contributed by atoms with E-state index < -0.39 is 5.97 Å². The van der Waals surface area contributed by atoms with E-state index in [1.54, 1.807) is 0 Å². The first kappa shape index (κ1) is 11.1. The molecule has 3 N–H and O–H groups in total. The standard InChI is InChI=1S/C11H12ClNO3/c1-4-5(2)16-10-6(11(14)15)3-7(12)9(13)8(4)10/h3-5H,13H2,1-2H3,(H,14,15). The van der Waals surface area contributed by atoms with Gasteiger partial charge in [0, 0.05) is 11.5 Å². The lowest BCUT2D eigenvalue weighted by Crippen LogP contribution is -2.11. The number of carboxylic acids is 1. The predicted octanol–water partition coefficient (Wildman–Crippen LogP) is 2.50. The summed E-state index contributed by atoms with van der Waals surface area (Å²) in [5.74, 6) is -0.652. The fourth-order valence-corrected chi connectivity index (χ4v) is 2.14. The van der Waals surface area contributed by atoms with Crippen LogP contribution < -0.4 is 10.5 Å². The zero-order chi connectivity index (χ0) is 12.0. The normalized spacial score (nSPS) is 22.7. The molecule has 0 saturated carbocycles. The maximum Gasteiger partial charge on any atom is 0.339 e. The van der Waals surface area contributed by atoms with E-state index in [-0.39, 0.29) is 22.6 Å². The summed E-state index contributed by atoms with van der Waals surface area (Å²) in [4.78, 5) is 11.1. The van der Waals surface area contributed by atoms with Crippen LogP contribution in [0.4, 0.5) is 5.69 Å². The second-order valence-corrected chi connectivity index (χ2v) is 4.39. The van der Waals surface area contributed by atoms with E-state index in [0.717, 1.165) is 0 Å². The predicted molar refractivity (Wildman–Crippen MR) is 61.3 cm³/mol. The Balaban J connectivity index is 2.72. The van der Waals surface area contributed by atoms with Crippen molar-refractivity contribution >= 4 is 23.3 Å². The number of hydrogen-bond donors (Lipinski definition) is 2. The number of nitrogens with two attached hydrogens (primary N) is 1. The van der Waals surface area contributed by atoms with Crippen LogP contribution >= 0.6 is 11.6 Å². The molecule has 1 aromatic carbocycles. The average molecular weight is 242 g/mol. The summed E-state index contributed by atoms with van der Waals surface area (Å²) in [6.07, 6.45) is -0.0890. The van der Waals surface area contributed by atoms with Gasteiger partial charge in [-0.25, -0.2) is 4.79 Å². The third-order valence-electron chi connectivity index (χ3n) is 3.00. The minimum atomic E-state index is -1.06. The molecule has 2 rings (SSSR count). The van der Waals surface area contributed by atoms with Gasteiger partial charge in [-0.3, -0.25) is 0 Å². The molecular formula is C11H12ClNO3. The molecule has 2 unspecified atom stereocenters. The lowest BCUT2D eigenvalue weighted by Gasteiger charge is -2.09. The van der Waals surface area contributed by atoms with Gasteiger partial charge in [-0.2, -0.15) is 0 Å². The summed E-state index contributed by atoms with van der Waals surface area (Å²) in [6.45, 7) is 3.82. The number of nitrogen functional groups attached to an aromatic ring is 1. The zero-order valence-electron chi connectivity index (χ0n) is 8.95. The van der Waals surface area contributed by atoms with Crippen LogP contribution in [0.15, 0.2) is 6.07 Å². The number of rotatable bonds is 1. The van der Waals surface area contributed by atoms with E-state index in [1.807, 2.05) is 13.8 Å². The van der Waals surface area contributed by atoms with Gasteiger partial charge in [0.1, 0.15) is 17.4 Å². The van der Waals surface area contributed by atoms with Gasteiger partial charge < -0.3 is 15.6 Å². The molecule has 0 aromatic heterocycles. The molecule has 1 aromatic rings. The van der Waals surface area contributed by atoms with Gasteiger partial charge in [-0.15, -0.1) is 0 Å². The highest BCUT2D eigenvalue weighted by molar-refractivity contribution is 6.33. The van der Waals surface area contributed by atoms with Gasteiger partial charge in [-0.05, 0) is 13.0 Å². The topological polar surface area (TPSA) is 72.5 Å². The largest absolute Gasteiger partial charge is 0.489 e. The molecule has 0 bridgehead atoms. The van der Waals surface area contributed by atoms with Gasteiger partial charge in [0.2, 0.25) is 0 Å². The Morgan fingerprint density at radius 3 is 2.75 bits per heavy atom. The number of benzene rings is 1. The molecule has 4 nitrogen and oxygen atoms in total. The highest BCUT2D eigenvalue weighted by atomic mass is 35.5. The van der Waals surface area contributed by atoms with Crippen LogP contribution in [-0.2, 0) is 0 Å². The first-order valence-corrected chi connectivity index (χ1v) is 5.33. The molecule has 2 atom stereocenters. The molecule has 0 fully saturated rings. The van der Waals surface area contributed by atoms with Gasteiger partial charge in [-0.1, -0.05) is 18.5 Å². The lowest BCUT2D eigenvalue weighted by atomic mass is 9.95. The van der Waals surface area contributed by atoms with Gasteiger partial charge >= 0.3 is 5.97 Å². The second kappa shape index (κ2) is 3.56. The molecule has 0 radical (unpaired) electrons. The molecule has 1 aliphatic heterocycles. The van der Waals surface area contributed by atoms with Crippen LogP contribution in [0.25, 0.3) is 0 Å². The molecule has 0 aliphatic carbocycles. The molecule has 5 heteroatoms. The minimum absolute atomic E-state index is 0.0480. The van der Waals surface area contributed by atoms with E-state index in [2.05, 4.69) is 0 Å². The van der Waals surface area contributed by atoms with Crippen LogP contribution in [-0.4, -0.2) is 17.2 Å². The number of halogens is 1. The summed E-state index contributed by atoms with van der Waals surface area (Å²) < 4.78 is 5.53. The number of hydrogen-bond acceptors (Lipinski definition) is 3. The Bertz CT molecular complexity index is 473. The fraction of sp³-hybridized carbons (Fsp3) is 0.364. The minimum Gasteiger partial charge on any atom is -0.489 e. The molecule has 86 valence electrons. The van der Waals surface area contributed by atoms with Crippen molar-refractivity contribution in [2.24, 2.45) is 0 Å². The fourth-order valence-electron chi connectivity index (χ4n) is 1.93. The van der Waals surface area contributed by atoms with Crippen molar-refractivity contribution in [3.05, 3.63) is 22.2 Å². The Kier molecular flexibility index (Phi) is 2.46. The van der Waals surface area contributed by atoms with Crippen molar-refractivity contribution in [1.82, 2.24) is 0 Å². The van der Waals surface area contributed by atoms with Crippen LogP contribution in [0.2, 0.25) is 5.02 Å². The van der Waals surface area contributed by atoms with Crippen molar-refractivity contribution < 1.29 is 14.6 Å². The molecule has 16 heavy (non-hydrogen) atoms. The van der Waals surface area contributed by atoms with Crippen LogP contribution in [0, 0.1) is 0 Å². The molecule has 1 heterocycles. The zero-order valence-corrected chi connectivity index (χ0v) is 9.71. The smallest absolute Gasteiger partial charge is 0.339 e. The Hall–Kier alpha value is -1.42. The third-order valence-corrected chi connectivity index (χ3v) is 3.31. The van der Waals surface area contributed by atoms with E-state index in [4.69, 9.17) is 27.2 Å². The van der Waals surface area contributed by atoms with Gasteiger partial charge in [0.15, 0.2) is 0 Å². The SMILES string of the molecule is CC1Oc2c(C(=O)O)cc(Cl)c(N)c2C1C. The Labute approximate surface area is 98.0 Å². The highest BCUT2D eigenvalue weighted by Gasteiger charge is 2.34. The summed E-state index contributed by atoms with van der Waals surface area (Å²) in [5, 5.41) is 9.32. The van der Waals surface area contributed by atoms with Crippen molar-refractivity contribution in [2.45, 2.75) is 25.9 Å². The first-order valence-electron chi connectivity index (χ1n) is 4.95. The van der Waals surface area contributed by atoms with Crippen molar-refractivity contribution in [3.8, 4) is 5.75 Å². The van der Waals surface area contributed by atoms with Crippen LogP contribution in [0.5, 0.6) is 5.75 Å². The second-order valence-electron chi connectivity index (χ2n) is 3.98. The van der Waals surface area contributed by atoms with Crippen molar-refractivity contribution in [2.75, 3.05) is 5.73 Å². The average Bonchev–Trinajstić information content (AvgIpc) is 2.49. The van der Waals surface area contributed by atoms with Gasteiger partial charge in [0.05, 0.1) is 10.7 Å². The highest BCUT2D eigenvalue weighted by Crippen LogP contribution is 2.46. The van der Waals surface area contributed by atoms with Crippen LogP contribution in [0.3, 0.4) is 0 Å². The summed E-state index contributed by atoms with van der Waals surface area (Å²) in [7, 11) is 0. The van der Waals surface area contributed by atoms with Crippen LogP contribution in [0.1, 0.15) is 35.7 Å². The third kappa shape index (κ3) is 1.41. The van der Waals surface area contributed by atoms with E-state index in [1.165, 1.54) is 6.07 Å². The molecule has 0 spiro atoms. The molecular weight excluding hydrogens is 230 g/mol. The summed E-state index contributed by atoms with van der Waals surface area (Å²) in [6, 6.07) is 1.34. The summed E-state index contributed by atoms with van der Waals surface area (Å²) in [5.41, 5.74) is 7.05. The first-order chi connectivity index (χ1) is 7.43. The quantitative estimate of drug-likeness (QED) is 0.741. The molecule has 0 amide bonds. The number of ether oxygens (including phenoxy) is 1. The maximum absolute atomic E-state index is 11.1. The lowest BCUT2D eigenvalue weighted by molar-refractivity contribution is 0.0691. The van der Waals surface area contributed by atoms with E-state index in [9.17, 15) is 4.79 Å². The van der Waals surface area contributed by atoms with Gasteiger partial charge in [0.25, 0.3) is 0 Å². The summed E-state index contributed by atoms with van der Waals surface area (Å²) >= 11 is 5.91. The van der Waals surface area contributed by atoms with Crippen molar-refractivity contribution in [1.29, 1.82) is 0 Å². The number of carboxylic acid groups (broad SMARTS) is 1. The molecule has 1 aliphatic rings. The number of carbonyl (C=O) groups is 1. The Morgan fingerprint density at radius 1 is 1.56 bits per heavy atom.